The van der Waals surface area contributed by atoms with E-state index in [1.54, 1.807) is 0 Å². The van der Waals surface area contributed by atoms with Crippen LogP contribution in [0.5, 0.6) is 0 Å². The van der Waals surface area contributed by atoms with Crippen LogP contribution in [0.15, 0.2) is 24.4 Å². The van der Waals surface area contributed by atoms with Gasteiger partial charge in [-0.05, 0) is 12.1 Å². The van der Waals surface area contributed by atoms with Crippen LogP contribution in [0.3, 0.4) is 0 Å². The smallest absolute Gasteiger partial charge is 0.0543 e. The van der Waals surface area contributed by atoms with Crippen LogP contribution in [-0.2, 0) is 6.54 Å². The normalized spacial score (nSPS) is 19.8. The number of nitrogens with zero attached hydrogens (tertiary/aromatic N) is 2. The van der Waals surface area contributed by atoms with Crippen molar-refractivity contribution < 1.29 is 0 Å². The Morgan fingerprint density at radius 3 is 2.44 bits per heavy atom. The minimum absolute atomic E-state index is 0.949. The summed E-state index contributed by atoms with van der Waals surface area (Å²) in [5, 5.41) is 6.84. The summed E-state index contributed by atoms with van der Waals surface area (Å²) in [7, 11) is 0. The molecule has 0 saturated carbocycles. The monoisotopic (exact) mass is 220 g/mol. The van der Waals surface area contributed by atoms with Gasteiger partial charge < -0.3 is 10.6 Å². The molecule has 0 aromatic carbocycles. The summed E-state index contributed by atoms with van der Waals surface area (Å²) in [6.07, 6.45) is 1.86. The number of hydrogen-bond acceptors (Lipinski definition) is 4. The molecule has 88 valence electrons. The van der Waals surface area contributed by atoms with Gasteiger partial charge in [-0.15, -0.1) is 0 Å². The molecule has 16 heavy (non-hydrogen) atoms. The fourth-order valence-corrected chi connectivity index (χ4v) is 1.89. The van der Waals surface area contributed by atoms with E-state index in [0.29, 0.717) is 0 Å². The summed E-state index contributed by atoms with van der Waals surface area (Å²) < 4.78 is 0. The van der Waals surface area contributed by atoms with Crippen LogP contribution in [0.25, 0.3) is 0 Å². The Hall–Kier alpha value is -0.970. The molecule has 0 atom stereocenters. The molecule has 1 saturated heterocycles. The Labute approximate surface area is 97.1 Å². The van der Waals surface area contributed by atoms with Crippen molar-refractivity contribution in [2.45, 2.75) is 6.54 Å². The maximum atomic E-state index is 4.37. The van der Waals surface area contributed by atoms with Gasteiger partial charge in [0.1, 0.15) is 0 Å². The maximum Gasteiger partial charge on any atom is 0.0543 e. The average molecular weight is 220 g/mol. The van der Waals surface area contributed by atoms with Crippen molar-refractivity contribution in [1.82, 2.24) is 20.5 Å². The van der Waals surface area contributed by atoms with Crippen LogP contribution in [0.1, 0.15) is 5.69 Å². The zero-order valence-corrected chi connectivity index (χ0v) is 9.65. The van der Waals surface area contributed by atoms with E-state index in [0.717, 1.165) is 51.5 Å². The number of pyridine rings is 1. The van der Waals surface area contributed by atoms with Crippen LogP contribution in [0, 0.1) is 0 Å². The van der Waals surface area contributed by atoms with Gasteiger partial charge in [0, 0.05) is 52.0 Å². The molecule has 0 radical (unpaired) electrons. The Morgan fingerprint density at radius 1 is 1.06 bits per heavy atom. The summed E-state index contributed by atoms with van der Waals surface area (Å²) in [6, 6.07) is 6.10. The SMILES string of the molecule is c1ccc(CN2CCNCCNCC2)nc1. The molecule has 0 aliphatic carbocycles. The van der Waals surface area contributed by atoms with Gasteiger partial charge in [0.15, 0.2) is 0 Å². The van der Waals surface area contributed by atoms with Crippen molar-refractivity contribution in [3.8, 4) is 0 Å². The third-order valence-electron chi connectivity index (χ3n) is 2.80. The third-order valence-corrected chi connectivity index (χ3v) is 2.80. The number of nitrogens with one attached hydrogen (secondary N) is 2. The van der Waals surface area contributed by atoms with E-state index in [2.05, 4.69) is 32.7 Å². The van der Waals surface area contributed by atoms with Gasteiger partial charge in [0.05, 0.1) is 5.69 Å². The first kappa shape index (κ1) is 11.5. The summed E-state index contributed by atoms with van der Waals surface area (Å²) in [5.74, 6) is 0. The van der Waals surface area contributed by atoms with E-state index in [1.807, 2.05) is 12.3 Å². The second kappa shape index (κ2) is 6.58. The summed E-state index contributed by atoms with van der Waals surface area (Å²) in [5.41, 5.74) is 1.15. The quantitative estimate of drug-likeness (QED) is 0.740. The topological polar surface area (TPSA) is 40.2 Å². The van der Waals surface area contributed by atoms with Crippen LogP contribution < -0.4 is 10.6 Å². The fraction of sp³-hybridized carbons (Fsp3) is 0.583. The first-order valence-corrected chi connectivity index (χ1v) is 5.99. The minimum Gasteiger partial charge on any atom is -0.314 e. The molecule has 1 aromatic rings. The molecule has 0 bridgehead atoms. The predicted molar refractivity (Wildman–Crippen MR) is 65.3 cm³/mol. The Bertz CT molecular complexity index is 278. The molecule has 0 unspecified atom stereocenters. The van der Waals surface area contributed by atoms with Crippen molar-refractivity contribution >= 4 is 0 Å². The zero-order valence-electron chi connectivity index (χ0n) is 9.65. The van der Waals surface area contributed by atoms with Gasteiger partial charge in [-0.2, -0.15) is 0 Å². The highest BCUT2D eigenvalue weighted by atomic mass is 15.2. The molecule has 4 nitrogen and oxygen atoms in total. The number of rotatable bonds is 2. The Balaban J connectivity index is 1.86. The van der Waals surface area contributed by atoms with Crippen LogP contribution >= 0.6 is 0 Å². The molecule has 1 aliphatic rings. The van der Waals surface area contributed by atoms with Gasteiger partial charge in [-0.25, -0.2) is 0 Å². The van der Waals surface area contributed by atoms with Gasteiger partial charge in [-0.3, -0.25) is 9.88 Å². The van der Waals surface area contributed by atoms with Crippen LogP contribution in [0.2, 0.25) is 0 Å². The fourth-order valence-electron chi connectivity index (χ4n) is 1.89. The Morgan fingerprint density at radius 2 is 1.81 bits per heavy atom. The number of aromatic nitrogens is 1. The molecule has 2 rings (SSSR count). The molecular weight excluding hydrogens is 200 g/mol. The second-order valence-corrected chi connectivity index (χ2v) is 4.10. The largest absolute Gasteiger partial charge is 0.314 e. The lowest BCUT2D eigenvalue weighted by atomic mass is 10.3. The van der Waals surface area contributed by atoms with E-state index < -0.39 is 0 Å². The molecule has 4 heteroatoms. The summed E-state index contributed by atoms with van der Waals surface area (Å²) >= 11 is 0. The molecule has 0 amide bonds. The minimum atomic E-state index is 0.949. The van der Waals surface area contributed by atoms with Crippen LogP contribution in [-0.4, -0.2) is 49.2 Å². The number of hydrogen-bond donors (Lipinski definition) is 2. The highest BCUT2D eigenvalue weighted by molar-refractivity contribution is 5.03. The van der Waals surface area contributed by atoms with Crippen molar-refractivity contribution in [2.24, 2.45) is 0 Å². The first-order chi connectivity index (χ1) is 7.95. The predicted octanol–water partition coefficient (Wildman–Crippen LogP) is 0.0764. The molecule has 2 N–H and O–H groups in total. The third kappa shape index (κ3) is 3.89. The van der Waals surface area contributed by atoms with E-state index in [1.165, 1.54) is 0 Å². The maximum absolute atomic E-state index is 4.37. The van der Waals surface area contributed by atoms with Gasteiger partial charge >= 0.3 is 0 Å². The highest BCUT2D eigenvalue weighted by Crippen LogP contribution is 2.00. The van der Waals surface area contributed by atoms with E-state index >= 15 is 0 Å². The van der Waals surface area contributed by atoms with E-state index in [-0.39, 0.29) is 0 Å². The summed E-state index contributed by atoms with van der Waals surface area (Å²) in [4.78, 5) is 6.81. The zero-order chi connectivity index (χ0) is 11.1. The molecular formula is C12H20N4. The Kier molecular flexibility index (Phi) is 4.73. The van der Waals surface area contributed by atoms with Gasteiger partial charge in [-0.1, -0.05) is 6.07 Å². The van der Waals surface area contributed by atoms with Crippen molar-refractivity contribution in [1.29, 1.82) is 0 Å². The van der Waals surface area contributed by atoms with Crippen molar-refractivity contribution in [2.75, 3.05) is 39.3 Å². The van der Waals surface area contributed by atoms with E-state index in [9.17, 15) is 0 Å². The van der Waals surface area contributed by atoms with Crippen molar-refractivity contribution in [3.63, 3.8) is 0 Å². The van der Waals surface area contributed by atoms with Crippen molar-refractivity contribution in [3.05, 3.63) is 30.1 Å². The van der Waals surface area contributed by atoms with Crippen LogP contribution in [0.4, 0.5) is 0 Å². The van der Waals surface area contributed by atoms with E-state index in [4.69, 9.17) is 0 Å². The molecule has 1 fully saturated rings. The molecule has 0 spiro atoms. The lowest BCUT2D eigenvalue weighted by molar-refractivity contribution is 0.269. The summed E-state index contributed by atoms with van der Waals surface area (Å²) in [6.45, 7) is 7.40. The first-order valence-electron chi connectivity index (χ1n) is 5.99. The highest BCUT2D eigenvalue weighted by Gasteiger charge is 2.07. The lowest BCUT2D eigenvalue weighted by Crippen LogP contribution is -2.33. The second-order valence-electron chi connectivity index (χ2n) is 4.10. The molecule has 1 aliphatic heterocycles. The molecule has 1 aromatic heterocycles. The van der Waals surface area contributed by atoms with Gasteiger partial charge in [0.25, 0.3) is 0 Å². The van der Waals surface area contributed by atoms with Gasteiger partial charge in [0.2, 0.25) is 0 Å². The standard InChI is InChI=1S/C12H20N4/c1-2-4-15-12(3-1)11-16-9-7-13-5-6-14-8-10-16/h1-4,13-14H,5-11H2. The lowest BCUT2D eigenvalue weighted by Gasteiger charge is -2.20. The average Bonchev–Trinajstić information content (AvgIpc) is 2.45. The molecule has 2 heterocycles.